The summed E-state index contributed by atoms with van der Waals surface area (Å²) in [4.78, 5) is 55.7. The first kappa shape index (κ1) is 31.7. The van der Waals surface area contributed by atoms with E-state index >= 15 is 0 Å². The Morgan fingerprint density at radius 2 is 1.91 bits per heavy atom. The summed E-state index contributed by atoms with van der Waals surface area (Å²) in [5.41, 5.74) is 8.24. The molecule has 14 nitrogen and oxygen atoms in total. The van der Waals surface area contributed by atoms with Gasteiger partial charge < -0.3 is 30.9 Å². The summed E-state index contributed by atoms with van der Waals surface area (Å²) in [5, 5.41) is 23.6. The quantitative estimate of drug-likeness (QED) is 0.155. The molecular formula is C30H36N8O6. The predicted octanol–water partition coefficient (Wildman–Crippen LogP) is 4.11. The van der Waals surface area contributed by atoms with E-state index in [0.717, 1.165) is 37.8 Å². The van der Waals surface area contributed by atoms with Gasteiger partial charge in [0.05, 0.1) is 24.2 Å². The van der Waals surface area contributed by atoms with Crippen LogP contribution in [0, 0.1) is 0 Å². The van der Waals surface area contributed by atoms with E-state index in [1.807, 2.05) is 24.1 Å². The van der Waals surface area contributed by atoms with E-state index in [-0.39, 0.29) is 53.2 Å². The Morgan fingerprint density at radius 1 is 1.14 bits per heavy atom. The second-order valence-corrected chi connectivity index (χ2v) is 10.5. The van der Waals surface area contributed by atoms with Crippen LogP contribution in [0.3, 0.4) is 0 Å². The van der Waals surface area contributed by atoms with Crippen LogP contribution in [0.2, 0.25) is 0 Å². The maximum atomic E-state index is 12.6. The van der Waals surface area contributed by atoms with Gasteiger partial charge in [0.25, 0.3) is 5.91 Å². The first-order valence-electron chi connectivity index (χ1n) is 14.2. The average molecular weight is 605 g/mol. The number of hydrogen-bond acceptors (Lipinski definition) is 11. The van der Waals surface area contributed by atoms with Gasteiger partial charge in [-0.2, -0.15) is 9.97 Å². The molecular weight excluding hydrogens is 568 g/mol. The molecule has 0 radical (unpaired) electrons. The SMILES string of the molecule is C=C(O)CC[C@H](NC(=O)c1ccc(N(C)Cc2cnc3nc(NC(=O)OC4/C=C/CCCCC4)nc(N)c3n2)cc1)C(=O)O. The highest BCUT2D eigenvalue weighted by Gasteiger charge is 2.21. The van der Waals surface area contributed by atoms with E-state index in [9.17, 15) is 24.6 Å². The summed E-state index contributed by atoms with van der Waals surface area (Å²) in [5.74, 6) is -1.89. The van der Waals surface area contributed by atoms with Gasteiger partial charge in [0.1, 0.15) is 12.1 Å². The van der Waals surface area contributed by atoms with Crippen molar-refractivity contribution in [2.45, 2.75) is 63.6 Å². The summed E-state index contributed by atoms with van der Waals surface area (Å²) in [6, 6.07) is 5.43. The molecule has 1 aliphatic rings. The molecule has 2 aromatic heterocycles. The van der Waals surface area contributed by atoms with Crippen molar-refractivity contribution in [3.05, 3.63) is 66.2 Å². The molecule has 0 bridgehead atoms. The van der Waals surface area contributed by atoms with Crippen LogP contribution in [0.4, 0.5) is 22.2 Å². The fraction of sp³-hybridized carbons (Fsp3) is 0.367. The van der Waals surface area contributed by atoms with E-state index in [0.29, 0.717) is 12.2 Å². The number of anilines is 3. The van der Waals surface area contributed by atoms with Crippen LogP contribution in [-0.4, -0.2) is 67.3 Å². The number of nitrogens with two attached hydrogens (primary N) is 1. The fourth-order valence-electron chi connectivity index (χ4n) is 4.59. The number of aliphatic carboxylic acids is 1. The van der Waals surface area contributed by atoms with E-state index in [2.05, 4.69) is 37.1 Å². The molecule has 2 amide bonds. The number of carbonyl (C=O) groups excluding carboxylic acids is 2. The minimum absolute atomic E-state index is 0.0160. The zero-order chi connectivity index (χ0) is 31.6. The van der Waals surface area contributed by atoms with Crippen molar-refractivity contribution < 1.29 is 29.3 Å². The molecule has 14 heteroatoms. The number of fused-ring (bicyclic) bond motifs is 1. The number of benzene rings is 1. The Bertz CT molecular complexity index is 1540. The minimum Gasteiger partial charge on any atom is -0.513 e. The van der Waals surface area contributed by atoms with Crippen LogP contribution in [0.25, 0.3) is 11.2 Å². The number of nitrogens with zero attached hydrogens (tertiary/aromatic N) is 5. The maximum absolute atomic E-state index is 12.6. The summed E-state index contributed by atoms with van der Waals surface area (Å²) in [7, 11) is 1.83. The van der Waals surface area contributed by atoms with Crippen molar-refractivity contribution in [2.75, 3.05) is 23.0 Å². The number of allylic oxidation sites excluding steroid dienone is 2. The molecule has 4 rings (SSSR count). The third-order valence-corrected chi connectivity index (χ3v) is 6.96. The Kier molecular flexibility index (Phi) is 10.6. The van der Waals surface area contributed by atoms with Crippen LogP contribution in [0.15, 0.2) is 55.0 Å². The number of carboxylic acids is 1. The molecule has 0 spiro atoms. The van der Waals surface area contributed by atoms with Crippen LogP contribution >= 0.6 is 0 Å². The molecule has 0 saturated heterocycles. The van der Waals surface area contributed by atoms with Gasteiger partial charge in [-0.3, -0.25) is 10.1 Å². The largest absolute Gasteiger partial charge is 0.513 e. The molecule has 1 aliphatic carbocycles. The lowest BCUT2D eigenvalue weighted by atomic mass is 10.0. The van der Waals surface area contributed by atoms with Crippen molar-refractivity contribution in [3.8, 4) is 0 Å². The van der Waals surface area contributed by atoms with Crippen molar-refractivity contribution in [3.63, 3.8) is 0 Å². The molecule has 0 aliphatic heterocycles. The monoisotopic (exact) mass is 604 g/mol. The number of aromatic nitrogens is 4. The number of carbonyl (C=O) groups is 3. The van der Waals surface area contributed by atoms with E-state index in [1.54, 1.807) is 30.5 Å². The maximum Gasteiger partial charge on any atom is 0.414 e. The molecule has 2 heterocycles. The topological polar surface area (TPSA) is 206 Å². The van der Waals surface area contributed by atoms with E-state index in [4.69, 9.17) is 10.5 Å². The lowest BCUT2D eigenvalue weighted by Gasteiger charge is -2.19. The highest BCUT2D eigenvalue weighted by molar-refractivity contribution is 5.96. The molecule has 3 aromatic rings. The van der Waals surface area contributed by atoms with Crippen LogP contribution in [-0.2, 0) is 16.1 Å². The fourth-order valence-corrected chi connectivity index (χ4v) is 4.59. The van der Waals surface area contributed by atoms with Crippen molar-refractivity contribution in [1.29, 1.82) is 0 Å². The predicted molar refractivity (Wildman–Crippen MR) is 164 cm³/mol. The van der Waals surface area contributed by atoms with E-state index < -0.39 is 24.0 Å². The van der Waals surface area contributed by atoms with E-state index in [1.165, 1.54) is 0 Å². The number of amides is 2. The Balaban J connectivity index is 1.37. The smallest absolute Gasteiger partial charge is 0.414 e. The Hall–Kier alpha value is -5.27. The van der Waals surface area contributed by atoms with Gasteiger partial charge in [-0.05, 0) is 62.4 Å². The normalized spacial score (nSPS) is 16.2. The number of hydrogen-bond donors (Lipinski definition) is 5. The first-order chi connectivity index (χ1) is 21.1. The van der Waals surface area contributed by atoms with Crippen LogP contribution < -0.4 is 21.3 Å². The summed E-state index contributed by atoms with van der Waals surface area (Å²) in [6.07, 6.45) is 9.49. The second-order valence-electron chi connectivity index (χ2n) is 10.5. The third kappa shape index (κ3) is 8.86. The highest BCUT2D eigenvalue weighted by Crippen LogP contribution is 2.20. The summed E-state index contributed by atoms with van der Waals surface area (Å²) >= 11 is 0. The number of aliphatic hydroxyl groups excluding tert-OH is 1. The van der Waals surface area contributed by atoms with Crippen LogP contribution in [0.1, 0.15) is 61.0 Å². The molecule has 6 N–H and O–H groups in total. The lowest BCUT2D eigenvalue weighted by molar-refractivity contribution is -0.139. The standard InChI is InChI=1S/C30H36N8O6/c1-18(39)10-15-23(28(41)42)34-27(40)19-11-13-21(14-12-19)38(2)17-20-16-32-26-24(33-20)25(31)35-29(36-26)37-30(43)44-22-8-6-4-3-5-7-9-22/h6,8,11-14,16,22-23,39H,1,3-5,7,9-10,15,17H2,2H3,(H,34,40)(H,41,42)(H3,31,32,35,36,37,43)/b8-6+/t22?,23-/m0/s1. The lowest BCUT2D eigenvalue weighted by Crippen LogP contribution is -2.40. The molecule has 44 heavy (non-hydrogen) atoms. The first-order valence-corrected chi connectivity index (χ1v) is 14.2. The number of nitrogens with one attached hydrogen (secondary N) is 2. The minimum atomic E-state index is -1.20. The molecule has 0 fully saturated rings. The van der Waals surface area contributed by atoms with Gasteiger partial charge in [0.15, 0.2) is 17.0 Å². The Labute approximate surface area is 254 Å². The van der Waals surface area contributed by atoms with Gasteiger partial charge in [0, 0.05) is 24.7 Å². The molecule has 1 aromatic carbocycles. The van der Waals surface area contributed by atoms with Gasteiger partial charge >= 0.3 is 12.1 Å². The van der Waals surface area contributed by atoms with Crippen LogP contribution in [0.5, 0.6) is 0 Å². The zero-order valence-electron chi connectivity index (χ0n) is 24.4. The van der Waals surface area contributed by atoms with Crippen molar-refractivity contribution in [1.82, 2.24) is 25.3 Å². The van der Waals surface area contributed by atoms with Gasteiger partial charge in [-0.25, -0.2) is 19.6 Å². The van der Waals surface area contributed by atoms with Crippen molar-refractivity contribution >= 4 is 46.6 Å². The summed E-state index contributed by atoms with van der Waals surface area (Å²) < 4.78 is 5.50. The van der Waals surface area contributed by atoms with Gasteiger partial charge in [0.2, 0.25) is 5.95 Å². The number of aliphatic hydroxyl groups is 1. The molecule has 2 atom stereocenters. The van der Waals surface area contributed by atoms with Crippen molar-refractivity contribution in [2.24, 2.45) is 0 Å². The average Bonchev–Trinajstić information content (AvgIpc) is 2.96. The van der Waals surface area contributed by atoms with Gasteiger partial charge in [-0.1, -0.05) is 19.1 Å². The number of nitrogen functional groups attached to an aromatic ring is 1. The summed E-state index contributed by atoms with van der Waals surface area (Å²) in [6.45, 7) is 3.67. The Morgan fingerprint density at radius 3 is 2.64 bits per heavy atom. The zero-order valence-corrected chi connectivity index (χ0v) is 24.4. The number of ether oxygens (including phenoxy) is 1. The highest BCUT2D eigenvalue weighted by atomic mass is 16.6. The molecule has 1 unspecified atom stereocenters. The number of rotatable bonds is 11. The second kappa shape index (κ2) is 14.8. The van der Waals surface area contributed by atoms with Gasteiger partial charge in [-0.15, -0.1) is 0 Å². The molecule has 232 valence electrons. The third-order valence-electron chi connectivity index (χ3n) is 6.96. The molecule has 0 saturated carbocycles. The number of carboxylic acid groups (broad SMARTS) is 1.